The van der Waals surface area contributed by atoms with Gasteiger partial charge in [0.25, 0.3) is 11.5 Å². The van der Waals surface area contributed by atoms with Gasteiger partial charge in [0.05, 0.1) is 6.54 Å². The fraction of sp³-hybridized carbons (Fsp3) is 0.250. The van der Waals surface area contributed by atoms with Gasteiger partial charge in [-0.25, -0.2) is 4.98 Å². The zero-order valence-electron chi connectivity index (χ0n) is 14.5. The van der Waals surface area contributed by atoms with Crippen molar-refractivity contribution in [1.82, 2.24) is 9.55 Å². The molecule has 2 rings (SSSR count). The molecule has 0 spiro atoms. The molecular weight excluding hydrogens is 356 g/mol. The van der Waals surface area contributed by atoms with Crippen molar-refractivity contribution < 1.29 is 19.1 Å². The Morgan fingerprint density at radius 1 is 1.37 bits per heavy atom. The molecule has 1 heterocycles. The van der Waals surface area contributed by atoms with Gasteiger partial charge in [0.2, 0.25) is 6.41 Å². The maximum absolute atomic E-state index is 12.8. The van der Waals surface area contributed by atoms with E-state index < -0.39 is 17.8 Å². The van der Waals surface area contributed by atoms with Gasteiger partial charge in [-0.2, -0.15) is 0 Å². The van der Waals surface area contributed by atoms with E-state index in [-0.39, 0.29) is 17.9 Å². The molecule has 0 unspecified atom stereocenters. The van der Waals surface area contributed by atoms with Crippen molar-refractivity contribution in [3.05, 3.63) is 56.8 Å². The molecule has 27 heavy (non-hydrogen) atoms. The van der Waals surface area contributed by atoms with Gasteiger partial charge < -0.3 is 14.8 Å². The number of ether oxygens (including phenoxy) is 2. The van der Waals surface area contributed by atoms with Crippen LogP contribution in [0, 0.1) is 0 Å². The Hall–Kier alpha value is -3.53. The molecule has 11 heteroatoms. The number of carbonyl (C=O) groups excluding carboxylic acids is 2. The molecule has 11 nitrogen and oxygen atoms in total. The lowest BCUT2D eigenvalue weighted by Gasteiger charge is -2.18. The smallest absolute Gasteiger partial charge is 0.265 e. The third-order valence-electron chi connectivity index (χ3n) is 3.64. The largest absolute Gasteiger partial charge is 0.354 e. The van der Waals surface area contributed by atoms with Crippen LogP contribution >= 0.6 is 0 Å². The average Bonchev–Trinajstić information content (AvgIpc) is 2.68. The first-order valence-corrected chi connectivity index (χ1v) is 7.61. The quantitative estimate of drug-likeness (QED) is 0.244. The molecule has 1 aromatic carbocycles. The molecule has 0 bridgehead atoms. The van der Waals surface area contributed by atoms with Crippen molar-refractivity contribution in [1.29, 1.82) is 0 Å². The molecule has 2 amide bonds. The number of hydrogen-bond donors (Lipinski definition) is 1. The second kappa shape index (κ2) is 9.25. The van der Waals surface area contributed by atoms with Crippen molar-refractivity contribution in [2.45, 2.75) is 12.8 Å². The van der Waals surface area contributed by atoms with E-state index in [0.717, 1.165) is 6.20 Å². The number of amides is 2. The van der Waals surface area contributed by atoms with E-state index in [0.29, 0.717) is 17.7 Å². The summed E-state index contributed by atoms with van der Waals surface area (Å²) < 4.78 is 11.4. The molecule has 0 saturated heterocycles. The summed E-state index contributed by atoms with van der Waals surface area (Å²) in [5.74, 6) is -0.790. The topological polar surface area (TPSA) is 148 Å². The number of benzene rings is 1. The second-order valence-corrected chi connectivity index (χ2v) is 5.15. The fourth-order valence-corrected chi connectivity index (χ4v) is 2.31. The molecule has 1 aromatic heterocycles. The molecule has 0 aliphatic carbocycles. The highest BCUT2D eigenvalue weighted by Crippen LogP contribution is 2.19. The summed E-state index contributed by atoms with van der Waals surface area (Å²) in [6.07, 6.45) is 0.822. The summed E-state index contributed by atoms with van der Waals surface area (Å²) in [6.45, 7) is -0.0557. The van der Waals surface area contributed by atoms with Crippen LogP contribution in [0.4, 0.5) is 5.69 Å². The van der Waals surface area contributed by atoms with E-state index in [9.17, 15) is 14.4 Å². The lowest BCUT2D eigenvalue weighted by molar-refractivity contribution is -0.111. The van der Waals surface area contributed by atoms with Crippen LogP contribution in [0.25, 0.3) is 21.8 Å². The van der Waals surface area contributed by atoms with Gasteiger partial charge in [0.15, 0.2) is 6.29 Å². The van der Waals surface area contributed by atoms with Crippen LogP contribution in [0.15, 0.2) is 40.4 Å². The molecule has 0 saturated carbocycles. The highest BCUT2D eigenvalue weighted by Gasteiger charge is 2.19. The Balaban J connectivity index is 2.59. The zero-order chi connectivity index (χ0) is 19.8. The van der Waals surface area contributed by atoms with Gasteiger partial charge >= 0.3 is 0 Å². The Labute approximate surface area is 153 Å². The number of rotatable bonds is 8. The fourth-order valence-electron chi connectivity index (χ4n) is 2.31. The van der Waals surface area contributed by atoms with Gasteiger partial charge in [0, 0.05) is 36.6 Å². The van der Waals surface area contributed by atoms with Gasteiger partial charge in [0.1, 0.15) is 11.4 Å². The lowest BCUT2D eigenvalue weighted by atomic mass is 10.1. The Morgan fingerprint density at radius 2 is 2.04 bits per heavy atom. The third kappa shape index (κ3) is 4.55. The number of nitrogens with zero attached hydrogens (tertiary/aromatic N) is 5. The van der Waals surface area contributed by atoms with E-state index in [1.54, 1.807) is 24.3 Å². The molecule has 2 aromatic rings. The number of azide groups is 1. The second-order valence-electron chi connectivity index (χ2n) is 5.15. The van der Waals surface area contributed by atoms with E-state index in [2.05, 4.69) is 20.3 Å². The van der Waals surface area contributed by atoms with E-state index in [1.165, 1.54) is 18.8 Å². The van der Waals surface area contributed by atoms with Crippen LogP contribution in [0.1, 0.15) is 10.4 Å². The molecule has 0 aliphatic rings. The Bertz CT molecular complexity index is 929. The van der Waals surface area contributed by atoms with Crippen LogP contribution in [-0.2, 0) is 20.8 Å². The van der Waals surface area contributed by atoms with Crippen LogP contribution in [0.3, 0.4) is 0 Å². The van der Waals surface area contributed by atoms with Crippen LogP contribution in [0.5, 0.6) is 0 Å². The van der Waals surface area contributed by atoms with Crippen LogP contribution in [0.2, 0.25) is 0 Å². The Morgan fingerprint density at radius 3 is 2.59 bits per heavy atom. The van der Waals surface area contributed by atoms with E-state index >= 15 is 0 Å². The Kier molecular flexibility index (Phi) is 6.78. The van der Waals surface area contributed by atoms with Crippen molar-refractivity contribution in [2.24, 2.45) is 5.11 Å². The molecule has 140 valence electrons. The summed E-state index contributed by atoms with van der Waals surface area (Å²) >= 11 is 0. The maximum atomic E-state index is 12.8. The summed E-state index contributed by atoms with van der Waals surface area (Å²) in [5, 5.41) is 5.44. The normalized spacial score (nSPS) is 10.3. The molecule has 1 N–H and O–H groups in total. The average molecular weight is 372 g/mol. The van der Waals surface area contributed by atoms with Gasteiger partial charge in [-0.15, -0.1) is 0 Å². The standard InChI is InChI=1S/C16H16N6O5/c1-26-13(27-2)8-22-14(10-3-5-11(6-4-10)19-9-23)18-7-12(16(22)25)15(24)20-21-17/h3-7,9,13H,8H2,1-2H3,(H,19,23). The summed E-state index contributed by atoms with van der Waals surface area (Å²) in [5.41, 5.74) is 8.46. The molecular formula is C16H16N6O5. The summed E-state index contributed by atoms with van der Waals surface area (Å²) in [4.78, 5) is 41.7. The number of aromatic nitrogens is 2. The summed E-state index contributed by atoms with van der Waals surface area (Å²) in [6, 6.07) is 6.55. The molecule has 0 atom stereocenters. The maximum Gasteiger partial charge on any atom is 0.265 e. The van der Waals surface area contributed by atoms with Crippen LogP contribution < -0.4 is 10.9 Å². The van der Waals surface area contributed by atoms with Crippen molar-refractivity contribution in [3.8, 4) is 11.4 Å². The highest BCUT2D eigenvalue weighted by molar-refractivity contribution is 5.94. The lowest BCUT2D eigenvalue weighted by Crippen LogP contribution is -2.33. The number of hydrogen-bond acceptors (Lipinski definition) is 6. The first-order chi connectivity index (χ1) is 13.0. The van der Waals surface area contributed by atoms with E-state index in [1.807, 2.05) is 0 Å². The summed E-state index contributed by atoms with van der Waals surface area (Å²) in [7, 11) is 2.81. The van der Waals surface area contributed by atoms with Crippen molar-refractivity contribution in [2.75, 3.05) is 19.5 Å². The molecule has 0 fully saturated rings. The zero-order valence-corrected chi connectivity index (χ0v) is 14.5. The van der Waals surface area contributed by atoms with Crippen molar-refractivity contribution in [3.63, 3.8) is 0 Å². The predicted octanol–water partition coefficient (Wildman–Crippen LogP) is 1.55. The van der Waals surface area contributed by atoms with E-state index in [4.69, 9.17) is 15.0 Å². The predicted molar refractivity (Wildman–Crippen MR) is 94.9 cm³/mol. The first kappa shape index (κ1) is 19.8. The van der Waals surface area contributed by atoms with Crippen LogP contribution in [-0.4, -0.2) is 42.4 Å². The monoisotopic (exact) mass is 372 g/mol. The number of methoxy groups -OCH3 is 2. The SMILES string of the molecule is COC(Cn1c(-c2ccc(NC=O)cc2)ncc(C(=O)N=[N+]=[N-])c1=O)OC. The highest BCUT2D eigenvalue weighted by atomic mass is 16.7. The number of anilines is 1. The van der Waals surface area contributed by atoms with Gasteiger partial charge in [-0.1, -0.05) is 0 Å². The van der Waals surface area contributed by atoms with Gasteiger partial charge in [-0.05, 0) is 34.9 Å². The van der Waals surface area contributed by atoms with Crippen molar-refractivity contribution >= 4 is 18.0 Å². The number of carbonyl (C=O) groups is 2. The molecule has 0 aliphatic heterocycles. The first-order valence-electron chi connectivity index (χ1n) is 7.61. The van der Waals surface area contributed by atoms with Gasteiger partial charge in [-0.3, -0.25) is 19.0 Å². The number of nitrogens with one attached hydrogen (secondary N) is 1. The minimum atomic E-state index is -1.03. The third-order valence-corrected chi connectivity index (χ3v) is 3.64. The molecule has 0 radical (unpaired) electrons. The minimum Gasteiger partial charge on any atom is -0.354 e. The minimum absolute atomic E-state index is 0.0557.